The minimum absolute atomic E-state index is 0.0778. The predicted octanol–water partition coefficient (Wildman–Crippen LogP) is 1.58. The van der Waals surface area contributed by atoms with Gasteiger partial charge in [-0.3, -0.25) is 9.59 Å². The lowest BCUT2D eigenvalue weighted by molar-refractivity contribution is -0.124. The monoisotopic (exact) mass is 413 g/mol. The zero-order valence-electron chi connectivity index (χ0n) is 17.2. The summed E-state index contributed by atoms with van der Waals surface area (Å²) in [6, 6.07) is 7.82. The minimum Gasteiger partial charge on any atom is -0.466 e. The summed E-state index contributed by atoms with van der Waals surface area (Å²) < 4.78 is 20.3. The number of carbonyl (C=O) groups excluding carboxylic acids is 2. The number of aryl methyl sites for hydroxylation is 3. The average molecular weight is 413 g/mol. The highest BCUT2D eigenvalue weighted by Gasteiger charge is 2.15. The van der Waals surface area contributed by atoms with Crippen molar-refractivity contribution in [2.75, 3.05) is 19.7 Å². The summed E-state index contributed by atoms with van der Waals surface area (Å²) in [6.45, 7) is 4.16. The standard InChI is InChI=1S/C21H24FN5O3/c1-13-9-14(2)25-20-19(13)21(26-27(20)3)30-12-18(29)24-8-7-23-17(28)11-15-5-4-6-16(22)10-15/h4-6,9-10H,7-8,11-12H2,1-3H3,(H,23,28)(H,24,29). The highest BCUT2D eigenvalue weighted by Crippen LogP contribution is 2.26. The maximum atomic E-state index is 13.1. The Kier molecular flexibility index (Phi) is 6.61. The zero-order valence-corrected chi connectivity index (χ0v) is 17.2. The fourth-order valence-corrected chi connectivity index (χ4v) is 3.13. The number of hydrogen-bond donors (Lipinski definition) is 2. The van der Waals surface area contributed by atoms with Gasteiger partial charge in [0.2, 0.25) is 11.8 Å². The van der Waals surface area contributed by atoms with Crippen LogP contribution in [0.1, 0.15) is 16.8 Å². The summed E-state index contributed by atoms with van der Waals surface area (Å²) >= 11 is 0. The van der Waals surface area contributed by atoms with Crippen molar-refractivity contribution in [3.63, 3.8) is 0 Å². The van der Waals surface area contributed by atoms with E-state index in [1.807, 2.05) is 19.9 Å². The second kappa shape index (κ2) is 9.34. The molecule has 0 saturated carbocycles. The number of fused-ring (bicyclic) bond motifs is 1. The molecular formula is C21H24FN5O3. The minimum atomic E-state index is -0.380. The number of benzene rings is 1. The van der Waals surface area contributed by atoms with Gasteiger partial charge >= 0.3 is 0 Å². The lowest BCUT2D eigenvalue weighted by Gasteiger charge is -2.08. The van der Waals surface area contributed by atoms with E-state index in [9.17, 15) is 14.0 Å². The summed E-state index contributed by atoms with van der Waals surface area (Å²) in [4.78, 5) is 28.4. The molecule has 0 spiro atoms. The SMILES string of the molecule is Cc1cc(C)c2c(OCC(=O)NCCNC(=O)Cc3cccc(F)c3)nn(C)c2n1. The van der Waals surface area contributed by atoms with Gasteiger partial charge in [0.25, 0.3) is 5.91 Å². The molecule has 8 nitrogen and oxygen atoms in total. The van der Waals surface area contributed by atoms with Gasteiger partial charge < -0.3 is 15.4 Å². The van der Waals surface area contributed by atoms with Crippen molar-refractivity contribution < 1.29 is 18.7 Å². The third-order valence-corrected chi connectivity index (χ3v) is 4.45. The van der Waals surface area contributed by atoms with E-state index >= 15 is 0 Å². The number of ether oxygens (including phenoxy) is 1. The quantitative estimate of drug-likeness (QED) is 0.547. The van der Waals surface area contributed by atoms with Gasteiger partial charge in [-0.2, -0.15) is 0 Å². The Hall–Kier alpha value is -3.49. The van der Waals surface area contributed by atoms with E-state index in [0.717, 1.165) is 16.6 Å². The van der Waals surface area contributed by atoms with Crippen molar-refractivity contribution in [2.24, 2.45) is 7.05 Å². The van der Waals surface area contributed by atoms with E-state index in [-0.39, 0.29) is 43.7 Å². The predicted molar refractivity (Wildman–Crippen MR) is 110 cm³/mol. The van der Waals surface area contributed by atoms with Gasteiger partial charge in [0, 0.05) is 25.8 Å². The van der Waals surface area contributed by atoms with Crippen molar-refractivity contribution in [2.45, 2.75) is 20.3 Å². The first-order chi connectivity index (χ1) is 14.3. The molecule has 0 unspecified atom stereocenters. The van der Waals surface area contributed by atoms with E-state index in [1.54, 1.807) is 23.9 Å². The summed E-state index contributed by atoms with van der Waals surface area (Å²) in [7, 11) is 1.77. The number of pyridine rings is 1. The van der Waals surface area contributed by atoms with Crippen molar-refractivity contribution >= 4 is 22.8 Å². The molecule has 0 atom stereocenters. The number of rotatable bonds is 8. The zero-order chi connectivity index (χ0) is 21.7. The molecule has 9 heteroatoms. The Labute approximate surface area is 173 Å². The van der Waals surface area contributed by atoms with E-state index < -0.39 is 0 Å². The van der Waals surface area contributed by atoms with Crippen LogP contribution < -0.4 is 15.4 Å². The van der Waals surface area contributed by atoms with Crippen LogP contribution in [0.4, 0.5) is 4.39 Å². The summed E-state index contributed by atoms with van der Waals surface area (Å²) in [6.07, 6.45) is 0.0778. The number of halogens is 1. The van der Waals surface area contributed by atoms with Crippen LogP contribution in [0.15, 0.2) is 30.3 Å². The number of carbonyl (C=O) groups is 2. The summed E-state index contributed by atoms with van der Waals surface area (Å²) in [5.74, 6) is -0.597. The number of amides is 2. The molecule has 2 amide bonds. The molecule has 2 heterocycles. The molecule has 0 bridgehead atoms. The second-order valence-corrected chi connectivity index (χ2v) is 7.00. The van der Waals surface area contributed by atoms with E-state index in [2.05, 4.69) is 20.7 Å². The van der Waals surface area contributed by atoms with Gasteiger partial charge in [0.1, 0.15) is 5.82 Å². The molecule has 0 fully saturated rings. The maximum absolute atomic E-state index is 13.1. The summed E-state index contributed by atoms with van der Waals surface area (Å²) in [5.41, 5.74) is 3.14. The Bertz CT molecular complexity index is 1080. The number of nitrogens with one attached hydrogen (secondary N) is 2. The highest BCUT2D eigenvalue weighted by molar-refractivity contribution is 5.85. The molecule has 2 aromatic heterocycles. The van der Waals surface area contributed by atoms with E-state index in [0.29, 0.717) is 17.1 Å². The molecule has 3 aromatic rings. The molecule has 3 rings (SSSR count). The molecule has 30 heavy (non-hydrogen) atoms. The van der Waals surface area contributed by atoms with Gasteiger partial charge in [-0.05, 0) is 43.2 Å². The first kappa shape index (κ1) is 21.2. The van der Waals surface area contributed by atoms with Gasteiger partial charge in [-0.15, -0.1) is 5.10 Å². The summed E-state index contributed by atoms with van der Waals surface area (Å²) in [5, 5.41) is 10.4. The Morgan fingerprint density at radius 3 is 2.60 bits per heavy atom. The van der Waals surface area contributed by atoms with Crippen LogP contribution in [0, 0.1) is 19.7 Å². The molecule has 2 N–H and O–H groups in total. The normalized spacial score (nSPS) is 10.8. The molecule has 0 aliphatic carbocycles. The van der Waals surface area contributed by atoms with Gasteiger partial charge in [0.05, 0.1) is 11.8 Å². The molecule has 0 radical (unpaired) electrons. The van der Waals surface area contributed by atoms with Crippen molar-refractivity contribution in [1.82, 2.24) is 25.4 Å². The van der Waals surface area contributed by atoms with Crippen LogP contribution in [0.5, 0.6) is 5.88 Å². The van der Waals surface area contributed by atoms with E-state index in [4.69, 9.17) is 4.74 Å². The molecule has 1 aromatic carbocycles. The van der Waals surface area contributed by atoms with Crippen LogP contribution in [0.25, 0.3) is 11.0 Å². The average Bonchev–Trinajstić information content (AvgIpc) is 2.99. The number of aromatic nitrogens is 3. The topological polar surface area (TPSA) is 98.1 Å². The van der Waals surface area contributed by atoms with Crippen LogP contribution in [0.2, 0.25) is 0 Å². The Morgan fingerprint density at radius 2 is 1.87 bits per heavy atom. The van der Waals surface area contributed by atoms with Crippen LogP contribution in [-0.2, 0) is 23.1 Å². The number of nitrogens with zero attached hydrogens (tertiary/aromatic N) is 3. The van der Waals surface area contributed by atoms with Gasteiger partial charge in [0.15, 0.2) is 12.3 Å². The highest BCUT2D eigenvalue weighted by atomic mass is 19.1. The smallest absolute Gasteiger partial charge is 0.258 e. The van der Waals surface area contributed by atoms with Gasteiger partial charge in [-0.1, -0.05) is 12.1 Å². The molecule has 0 aliphatic heterocycles. The van der Waals surface area contributed by atoms with Crippen LogP contribution >= 0.6 is 0 Å². The Balaban J connectivity index is 1.42. The molecular weight excluding hydrogens is 389 g/mol. The largest absolute Gasteiger partial charge is 0.466 e. The fraction of sp³-hybridized carbons (Fsp3) is 0.333. The van der Waals surface area contributed by atoms with E-state index in [1.165, 1.54) is 12.1 Å². The number of hydrogen-bond acceptors (Lipinski definition) is 5. The first-order valence-electron chi connectivity index (χ1n) is 9.55. The van der Waals surface area contributed by atoms with Crippen molar-refractivity contribution in [3.05, 3.63) is 53.0 Å². The third-order valence-electron chi connectivity index (χ3n) is 4.45. The third kappa shape index (κ3) is 5.31. The van der Waals surface area contributed by atoms with Crippen LogP contribution in [-0.4, -0.2) is 46.3 Å². The Morgan fingerprint density at radius 1 is 1.13 bits per heavy atom. The van der Waals surface area contributed by atoms with Crippen LogP contribution in [0.3, 0.4) is 0 Å². The first-order valence-corrected chi connectivity index (χ1v) is 9.55. The lowest BCUT2D eigenvalue weighted by atomic mass is 10.1. The van der Waals surface area contributed by atoms with Gasteiger partial charge in [-0.25, -0.2) is 14.1 Å². The van der Waals surface area contributed by atoms with Crippen molar-refractivity contribution in [1.29, 1.82) is 0 Å². The molecule has 0 aliphatic rings. The van der Waals surface area contributed by atoms with Crippen molar-refractivity contribution in [3.8, 4) is 5.88 Å². The molecule has 0 saturated heterocycles. The lowest BCUT2D eigenvalue weighted by Crippen LogP contribution is -2.37. The molecule has 158 valence electrons. The maximum Gasteiger partial charge on any atom is 0.258 e. The second-order valence-electron chi connectivity index (χ2n) is 7.00. The fourth-order valence-electron chi connectivity index (χ4n) is 3.13.